The summed E-state index contributed by atoms with van der Waals surface area (Å²) in [6.07, 6.45) is 0.341. The molecule has 0 spiro atoms. The van der Waals surface area contributed by atoms with Crippen molar-refractivity contribution in [3.8, 4) is 0 Å². The van der Waals surface area contributed by atoms with Gasteiger partial charge in [0.05, 0.1) is 5.69 Å². The number of hydrogen-bond acceptors (Lipinski definition) is 6. The van der Waals surface area contributed by atoms with Crippen LogP contribution in [-0.4, -0.2) is 28.9 Å². The van der Waals surface area contributed by atoms with E-state index in [1.165, 1.54) is 10.6 Å². The fraction of sp³-hybridized carbons (Fsp3) is 0.304. The van der Waals surface area contributed by atoms with Crippen LogP contribution in [0.4, 0.5) is 5.69 Å². The Morgan fingerprint density at radius 3 is 2.40 bits per heavy atom. The molecule has 1 aromatic heterocycles. The van der Waals surface area contributed by atoms with Crippen LogP contribution in [0.3, 0.4) is 0 Å². The van der Waals surface area contributed by atoms with E-state index in [1.54, 1.807) is 7.11 Å². The van der Waals surface area contributed by atoms with Crippen molar-refractivity contribution in [1.82, 2.24) is 10.1 Å². The highest BCUT2D eigenvalue weighted by molar-refractivity contribution is 6.06. The van der Waals surface area contributed by atoms with E-state index < -0.39 is 6.10 Å². The number of aromatic nitrogens is 2. The SMILES string of the molecule is COC(c1ccccc1)c1noc(C2=NN(c3ccc(C(C)C)cc3)C(=O)CC2)n1. The van der Waals surface area contributed by atoms with E-state index in [0.29, 0.717) is 36.2 Å². The summed E-state index contributed by atoms with van der Waals surface area (Å²) in [5, 5.41) is 10.0. The van der Waals surface area contributed by atoms with Crippen molar-refractivity contribution in [1.29, 1.82) is 0 Å². The first-order valence-electron chi connectivity index (χ1n) is 9.99. The standard InChI is InChI=1S/C23H24N4O3/c1-15(2)16-9-11-18(12-10-16)27-20(28)14-13-19(25-27)23-24-22(26-30-23)21(29-3)17-7-5-4-6-8-17/h4-12,15,21H,13-14H2,1-3H3. The summed E-state index contributed by atoms with van der Waals surface area (Å²) in [7, 11) is 1.60. The highest BCUT2D eigenvalue weighted by Gasteiger charge is 2.27. The van der Waals surface area contributed by atoms with Crippen LogP contribution in [0.25, 0.3) is 0 Å². The van der Waals surface area contributed by atoms with Crippen molar-refractivity contribution >= 4 is 17.3 Å². The van der Waals surface area contributed by atoms with Crippen LogP contribution in [-0.2, 0) is 9.53 Å². The molecule has 2 heterocycles. The molecule has 1 unspecified atom stereocenters. The number of carbonyl (C=O) groups excluding carboxylic acids is 1. The Balaban J connectivity index is 1.61. The number of anilines is 1. The van der Waals surface area contributed by atoms with E-state index in [2.05, 4.69) is 29.1 Å². The van der Waals surface area contributed by atoms with Crippen LogP contribution in [0.5, 0.6) is 0 Å². The molecule has 0 bridgehead atoms. The van der Waals surface area contributed by atoms with Crippen molar-refractivity contribution in [2.45, 2.75) is 38.7 Å². The Labute approximate surface area is 175 Å². The Bertz CT molecular complexity index is 1040. The van der Waals surface area contributed by atoms with Gasteiger partial charge < -0.3 is 9.26 Å². The number of nitrogens with zero attached hydrogens (tertiary/aromatic N) is 4. The molecule has 1 aliphatic heterocycles. The quantitative estimate of drug-likeness (QED) is 0.606. The average molecular weight is 404 g/mol. The van der Waals surface area contributed by atoms with Gasteiger partial charge in [-0.15, -0.1) is 0 Å². The van der Waals surface area contributed by atoms with Gasteiger partial charge in [0.2, 0.25) is 11.7 Å². The molecule has 30 heavy (non-hydrogen) atoms. The molecule has 0 saturated carbocycles. The van der Waals surface area contributed by atoms with E-state index in [4.69, 9.17) is 9.26 Å². The van der Waals surface area contributed by atoms with Gasteiger partial charge in [0, 0.05) is 20.0 Å². The van der Waals surface area contributed by atoms with E-state index in [1.807, 2.05) is 54.6 Å². The van der Waals surface area contributed by atoms with E-state index >= 15 is 0 Å². The van der Waals surface area contributed by atoms with E-state index in [0.717, 1.165) is 11.3 Å². The summed E-state index contributed by atoms with van der Waals surface area (Å²) < 4.78 is 11.0. The van der Waals surface area contributed by atoms with Gasteiger partial charge in [0.25, 0.3) is 5.89 Å². The normalized spacial score (nSPS) is 15.4. The third kappa shape index (κ3) is 4.02. The highest BCUT2D eigenvalue weighted by atomic mass is 16.5. The fourth-order valence-corrected chi connectivity index (χ4v) is 3.39. The Hall–Kier alpha value is -3.32. The van der Waals surface area contributed by atoms with Crippen molar-refractivity contribution in [3.05, 3.63) is 77.4 Å². The second-order valence-corrected chi connectivity index (χ2v) is 7.48. The maximum Gasteiger partial charge on any atom is 0.274 e. The number of carbonyl (C=O) groups is 1. The average Bonchev–Trinajstić information content (AvgIpc) is 3.25. The summed E-state index contributed by atoms with van der Waals surface area (Å²) >= 11 is 0. The first kappa shape index (κ1) is 20.0. The summed E-state index contributed by atoms with van der Waals surface area (Å²) in [4.78, 5) is 17.0. The van der Waals surface area contributed by atoms with Gasteiger partial charge in [-0.2, -0.15) is 10.1 Å². The second-order valence-electron chi connectivity index (χ2n) is 7.48. The molecule has 1 aliphatic rings. The lowest BCUT2D eigenvalue weighted by atomic mass is 10.0. The molecule has 0 fully saturated rings. The van der Waals surface area contributed by atoms with Crippen LogP contribution in [0, 0.1) is 0 Å². The zero-order chi connectivity index (χ0) is 21.1. The fourth-order valence-electron chi connectivity index (χ4n) is 3.39. The van der Waals surface area contributed by atoms with Crippen molar-refractivity contribution in [3.63, 3.8) is 0 Å². The molecule has 4 rings (SSSR count). The molecule has 0 saturated heterocycles. The van der Waals surface area contributed by atoms with Gasteiger partial charge >= 0.3 is 0 Å². The molecule has 1 atom stereocenters. The minimum absolute atomic E-state index is 0.0603. The topological polar surface area (TPSA) is 80.8 Å². The smallest absolute Gasteiger partial charge is 0.274 e. The number of benzene rings is 2. The van der Waals surface area contributed by atoms with Crippen molar-refractivity contribution < 1.29 is 14.1 Å². The zero-order valence-electron chi connectivity index (χ0n) is 17.3. The largest absolute Gasteiger partial charge is 0.369 e. The first-order chi connectivity index (χ1) is 14.6. The Kier molecular flexibility index (Phi) is 5.72. The zero-order valence-corrected chi connectivity index (χ0v) is 17.3. The molecular weight excluding hydrogens is 380 g/mol. The molecule has 0 radical (unpaired) electrons. The minimum Gasteiger partial charge on any atom is -0.369 e. The van der Waals surface area contributed by atoms with Gasteiger partial charge in [-0.1, -0.05) is 61.5 Å². The molecule has 154 valence electrons. The Morgan fingerprint density at radius 2 is 1.73 bits per heavy atom. The van der Waals surface area contributed by atoms with Gasteiger partial charge in [-0.25, -0.2) is 5.01 Å². The molecule has 7 heteroatoms. The van der Waals surface area contributed by atoms with Crippen molar-refractivity contribution in [2.24, 2.45) is 5.10 Å². The third-order valence-electron chi connectivity index (χ3n) is 5.10. The van der Waals surface area contributed by atoms with Crippen molar-refractivity contribution in [2.75, 3.05) is 12.1 Å². The monoisotopic (exact) mass is 404 g/mol. The van der Waals surface area contributed by atoms with Crippen LogP contribution in [0.15, 0.2) is 64.2 Å². The van der Waals surface area contributed by atoms with Crippen LogP contribution < -0.4 is 5.01 Å². The molecule has 3 aromatic rings. The number of ether oxygens (including phenoxy) is 1. The lowest BCUT2D eigenvalue weighted by molar-refractivity contribution is -0.118. The lowest BCUT2D eigenvalue weighted by Gasteiger charge is -2.22. The number of rotatable bonds is 6. The minimum atomic E-state index is -0.436. The molecule has 7 nitrogen and oxygen atoms in total. The predicted octanol–water partition coefficient (Wildman–Crippen LogP) is 4.46. The second kappa shape index (κ2) is 8.59. The predicted molar refractivity (Wildman–Crippen MR) is 113 cm³/mol. The molecule has 0 N–H and O–H groups in total. The molecular formula is C23H24N4O3. The maximum absolute atomic E-state index is 12.5. The van der Waals surface area contributed by atoms with Gasteiger partial charge in [-0.05, 0) is 29.2 Å². The van der Waals surface area contributed by atoms with E-state index in [9.17, 15) is 4.79 Å². The number of hydrazone groups is 1. The van der Waals surface area contributed by atoms with Gasteiger partial charge in [0.15, 0.2) is 0 Å². The van der Waals surface area contributed by atoms with Crippen LogP contribution >= 0.6 is 0 Å². The van der Waals surface area contributed by atoms with Gasteiger partial charge in [-0.3, -0.25) is 4.79 Å². The van der Waals surface area contributed by atoms with Gasteiger partial charge in [0.1, 0.15) is 11.8 Å². The summed E-state index contributed by atoms with van der Waals surface area (Å²) in [5.41, 5.74) is 3.45. The van der Waals surface area contributed by atoms with E-state index in [-0.39, 0.29) is 5.91 Å². The maximum atomic E-state index is 12.5. The molecule has 2 aromatic carbocycles. The highest BCUT2D eigenvalue weighted by Crippen LogP contribution is 2.26. The third-order valence-corrected chi connectivity index (χ3v) is 5.10. The van der Waals surface area contributed by atoms with Crippen LogP contribution in [0.2, 0.25) is 0 Å². The number of methoxy groups -OCH3 is 1. The molecule has 0 aliphatic carbocycles. The number of amides is 1. The lowest BCUT2D eigenvalue weighted by Crippen LogP contribution is -2.32. The van der Waals surface area contributed by atoms with Crippen LogP contribution in [0.1, 0.15) is 61.6 Å². The summed E-state index contributed by atoms with van der Waals surface area (Å²) in [5.74, 6) is 1.09. The first-order valence-corrected chi connectivity index (χ1v) is 9.99. The molecule has 1 amide bonds. The summed E-state index contributed by atoms with van der Waals surface area (Å²) in [6, 6.07) is 17.6. The number of hydrogen-bond donors (Lipinski definition) is 0. The summed E-state index contributed by atoms with van der Waals surface area (Å²) in [6.45, 7) is 4.26. The Morgan fingerprint density at radius 1 is 1.00 bits per heavy atom.